The summed E-state index contributed by atoms with van der Waals surface area (Å²) in [6, 6.07) is 0.721. The summed E-state index contributed by atoms with van der Waals surface area (Å²) in [5.41, 5.74) is 0. The molecule has 0 aliphatic carbocycles. The van der Waals surface area contributed by atoms with E-state index in [0.29, 0.717) is 6.04 Å². The lowest BCUT2D eigenvalue weighted by molar-refractivity contribution is -0.128. The average Bonchev–Trinajstić information content (AvgIpc) is 2.15. The molecule has 2 rings (SSSR count). The smallest absolute Gasteiger partial charge is 0.237 e. The SMILES string of the molecule is CNC(=O)C1CCCCN1C1CNC1. The first-order valence-corrected chi connectivity index (χ1v) is 5.51. The lowest BCUT2D eigenvalue weighted by atomic mass is 9.97. The molecule has 1 unspecified atom stereocenters. The van der Waals surface area contributed by atoms with E-state index in [9.17, 15) is 4.79 Å². The molecule has 2 heterocycles. The van der Waals surface area contributed by atoms with Crippen LogP contribution < -0.4 is 10.6 Å². The number of nitrogens with one attached hydrogen (secondary N) is 2. The van der Waals surface area contributed by atoms with Gasteiger partial charge in [-0.1, -0.05) is 6.42 Å². The molecule has 0 bridgehead atoms. The van der Waals surface area contributed by atoms with Crippen molar-refractivity contribution in [3.63, 3.8) is 0 Å². The minimum absolute atomic E-state index is 0.126. The molecule has 0 aromatic carbocycles. The van der Waals surface area contributed by atoms with E-state index < -0.39 is 0 Å². The van der Waals surface area contributed by atoms with Crippen LogP contribution in [0.25, 0.3) is 0 Å². The van der Waals surface area contributed by atoms with Crippen LogP contribution in [-0.4, -0.2) is 49.6 Å². The van der Waals surface area contributed by atoms with Gasteiger partial charge in [-0.05, 0) is 19.4 Å². The summed E-state index contributed by atoms with van der Waals surface area (Å²) in [5, 5.41) is 6.03. The van der Waals surface area contributed by atoms with Gasteiger partial charge in [0.2, 0.25) is 5.91 Å². The topological polar surface area (TPSA) is 44.4 Å². The predicted molar refractivity (Wildman–Crippen MR) is 55.1 cm³/mol. The van der Waals surface area contributed by atoms with Crippen LogP contribution in [0.3, 0.4) is 0 Å². The number of carbonyl (C=O) groups is 1. The number of rotatable bonds is 2. The fourth-order valence-corrected chi connectivity index (χ4v) is 2.35. The Morgan fingerprint density at radius 2 is 2.21 bits per heavy atom. The minimum atomic E-state index is 0.126. The summed E-state index contributed by atoms with van der Waals surface area (Å²) < 4.78 is 0. The van der Waals surface area contributed by atoms with Crippen molar-refractivity contribution < 1.29 is 4.79 Å². The largest absolute Gasteiger partial charge is 0.358 e. The first kappa shape index (κ1) is 9.93. The van der Waals surface area contributed by atoms with Gasteiger partial charge >= 0.3 is 0 Å². The molecule has 0 aromatic heterocycles. The fraction of sp³-hybridized carbons (Fsp3) is 0.900. The number of carbonyl (C=O) groups excluding carboxylic acids is 1. The normalized spacial score (nSPS) is 29.6. The second-order valence-corrected chi connectivity index (χ2v) is 4.18. The highest BCUT2D eigenvalue weighted by Gasteiger charge is 2.35. The van der Waals surface area contributed by atoms with Crippen LogP contribution in [0.2, 0.25) is 0 Å². The van der Waals surface area contributed by atoms with Crippen molar-refractivity contribution in [3.05, 3.63) is 0 Å². The van der Waals surface area contributed by atoms with Crippen molar-refractivity contribution in [3.8, 4) is 0 Å². The highest BCUT2D eigenvalue weighted by atomic mass is 16.2. The van der Waals surface area contributed by atoms with Crippen LogP contribution in [0.1, 0.15) is 19.3 Å². The quantitative estimate of drug-likeness (QED) is 0.631. The average molecular weight is 197 g/mol. The van der Waals surface area contributed by atoms with Crippen LogP contribution in [-0.2, 0) is 4.79 Å². The molecule has 4 heteroatoms. The number of hydrogen-bond donors (Lipinski definition) is 2. The maximum atomic E-state index is 11.6. The molecule has 1 amide bonds. The molecule has 2 N–H and O–H groups in total. The van der Waals surface area contributed by atoms with Gasteiger partial charge in [-0.3, -0.25) is 9.69 Å². The minimum Gasteiger partial charge on any atom is -0.358 e. The third-order valence-electron chi connectivity index (χ3n) is 3.32. The molecule has 14 heavy (non-hydrogen) atoms. The standard InChI is InChI=1S/C10H19N3O/c1-11-10(14)9-4-2-3-5-13(9)8-6-12-7-8/h8-9,12H,2-7H2,1H3,(H,11,14). The van der Waals surface area contributed by atoms with Crippen LogP contribution in [0, 0.1) is 0 Å². The molecule has 2 saturated heterocycles. The van der Waals surface area contributed by atoms with Gasteiger partial charge in [0, 0.05) is 26.2 Å². The van der Waals surface area contributed by atoms with E-state index >= 15 is 0 Å². The van der Waals surface area contributed by atoms with E-state index in [1.165, 1.54) is 12.8 Å². The Kier molecular flexibility index (Phi) is 3.03. The van der Waals surface area contributed by atoms with Crippen LogP contribution in [0.5, 0.6) is 0 Å². The molecule has 2 aliphatic rings. The van der Waals surface area contributed by atoms with Gasteiger partial charge < -0.3 is 10.6 Å². The Hall–Kier alpha value is -0.610. The summed E-state index contributed by atoms with van der Waals surface area (Å²) in [7, 11) is 1.73. The third-order valence-corrected chi connectivity index (χ3v) is 3.32. The molecule has 0 spiro atoms. The zero-order valence-electron chi connectivity index (χ0n) is 8.75. The summed E-state index contributed by atoms with van der Waals surface area (Å²) in [4.78, 5) is 14.0. The lowest BCUT2D eigenvalue weighted by Gasteiger charge is -2.44. The molecular weight excluding hydrogens is 178 g/mol. The van der Waals surface area contributed by atoms with Gasteiger partial charge in [-0.25, -0.2) is 0 Å². The number of likely N-dealkylation sites (N-methyl/N-ethyl adjacent to an activating group) is 1. The van der Waals surface area contributed by atoms with Crippen molar-refractivity contribution in [2.75, 3.05) is 26.7 Å². The third kappa shape index (κ3) is 1.77. The molecule has 1 atom stereocenters. The summed E-state index contributed by atoms with van der Waals surface area (Å²) >= 11 is 0. The van der Waals surface area contributed by atoms with E-state index in [-0.39, 0.29) is 11.9 Å². The highest BCUT2D eigenvalue weighted by Crippen LogP contribution is 2.21. The second kappa shape index (κ2) is 4.28. The molecule has 0 radical (unpaired) electrons. The molecule has 0 aromatic rings. The monoisotopic (exact) mass is 197 g/mol. The Labute approximate surface area is 85.0 Å². The molecular formula is C10H19N3O. The van der Waals surface area contributed by atoms with Crippen LogP contribution >= 0.6 is 0 Å². The Balaban J connectivity index is 1.98. The Morgan fingerprint density at radius 3 is 2.79 bits per heavy atom. The maximum Gasteiger partial charge on any atom is 0.237 e. The fourth-order valence-electron chi connectivity index (χ4n) is 2.35. The number of nitrogens with zero attached hydrogens (tertiary/aromatic N) is 1. The maximum absolute atomic E-state index is 11.6. The molecule has 80 valence electrons. The van der Waals surface area contributed by atoms with Crippen LogP contribution in [0.15, 0.2) is 0 Å². The first-order valence-electron chi connectivity index (χ1n) is 5.51. The second-order valence-electron chi connectivity index (χ2n) is 4.18. The predicted octanol–water partition coefficient (Wildman–Crippen LogP) is -0.441. The number of amides is 1. The molecule has 4 nitrogen and oxygen atoms in total. The summed E-state index contributed by atoms with van der Waals surface area (Å²) in [6.45, 7) is 3.19. The number of hydrogen-bond acceptors (Lipinski definition) is 3. The van der Waals surface area contributed by atoms with Gasteiger partial charge in [-0.2, -0.15) is 0 Å². The van der Waals surface area contributed by atoms with Gasteiger partial charge in [-0.15, -0.1) is 0 Å². The number of likely N-dealkylation sites (tertiary alicyclic amines) is 1. The Bertz CT molecular complexity index is 215. The summed E-state index contributed by atoms with van der Waals surface area (Å²) in [5.74, 6) is 0.191. The molecule has 0 saturated carbocycles. The molecule has 2 aliphatic heterocycles. The lowest BCUT2D eigenvalue weighted by Crippen LogP contribution is -2.63. The van der Waals surface area contributed by atoms with E-state index in [1.807, 2.05) is 0 Å². The van der Waals surface area contributed by atoms with Crippen molar-refractivity contribution in [2.24, 2.45) is 0 Å². The number of piperidine rings is 1. The van der Waals surface area contributed by atoms with Gasteiger partial charge in [0.15, 0.2) is 0 Å². The van der Waals surface area contributed by atoms with Crippen molar-refractivity contribution >= 4 is 5.91 Å². The first-order chi connectivity index (χ1) is 6.83. The zero-order valence-corrected chi connectivity index (χ0v) is 8.75. The van der Waals surface area contributed by atoms with E-state index in [2.05, 4.69) is 15.5 Å². The van der Waals surface area contributed by atoms with Gasteiger partial charge in [0.1, 0.15) is 0 Å². The molecule has 2 fully saturated rings. The van der Waals surface area contributed by atoms with Crippen molar-refractivity contribution in [1.29, 1.82) is 0 Å². The van der Waals surface area contributed by atoms with E-state index in [4.69, 9.17) is 0 Å². The van der Waals surface area contributed by atoms with Crippen molar-refractivity contribution in [2.45, 2.75) is 31.3 Å². The van der Waals surface area contributed by atoms with E-state index in [1.54, 1.807) is 7.05 Å². The van der Waals surface area contributed by atoms with Crippen molar-refractivity contribution in [1.82, 2.24) is 15.5 Å². The zero-order chi connectivity index (χ0) is 9.97. The van der Waals surface area contributed by atoms with E-state index in [0.717, 1.165) is 26.1 Å². The highest BCUT2D eigenvalue weighted by molar-refractivity contribution is 5.81. The van der Waals surface area contributed by atoms with Gasteiger partial charge in [0.05, 0.1) is 6.04 Å². The van der Waals surface area contributed by atoms with Crippen LogP contribution in [0.4, 0.5) is 0 Å². The summed E-state index contributed by atoms with van der Waals surface area (Å²) in [6.07, 6.45) is 3.45. The van der Waals surface area contributed by atoms with Gasteiger partial charge in [0.25, 0.3) is 0 Å². The Morgan fingerprint density at radius 1 is 1.43 bits per heavy atom.